The molecule has 31 heavy (non-hydrogen) atoms. The van der Waals surface area contributed by atoms with Crippen LogP contribution in [-0.2, 0) is 14.3 Å². The number of hydrogen-bond donors (Lipinski definition) is 5. The Bertz CT molecular complexity index is 845. The highest BCUT2D eigenvalue weighted by Crippen LogP contribution is 2.52. The number of carbonyl (C=O) groups is 2. The Balaban J connectivity index is 2.26. The van der Waals surface area contributed by atoms with Crippen molar-refractivity contribution in [3.8, 4) is 0 Å². The second kappa shape index (κ2) is 7.85. The summed E-state index contributed by atoms with van der Waals surface area (Å²) in [7, 11) is 0. The molecular formula is C23H33NO7. The minimum absolute atomic E-state index is 0.185. The maximum atomic E-state index is 13.4. The lowest BCUT2D eigenvalue weighted by Gasteiger charge is -2.49. The van der Waals surface area contributed by atoms with Crippen molar-refractivity contribution in [1.29, 1.82) is 0 Å². The summed E-state index contributed by atoms with van der Waals surface area (Å²) < 4.78 is 5.74. The van der Waals surface area contributed by atoms with E-state index < -0.39 is 46.8 Å². The molecule has 1 fully saturated rings. The first-order chi connectivity index (χ1) is 14.2. The zero-order valence-electron chi connectivity index (χ0n) is 18.6. The van der Waals surface area contributed by atoms with E-state index in [0.717, 1.165) is 23.8 Å². The topological polar surface area (TPSA) is 136 Å². The van der Waals surface area contributed by atoms with Crippen molar-refractivity contribution in [2.45, 2.75) is 76.1 Å². The Labute approximate surface area is 182 Å². The molecule has 1 amide bonds. The molecule has 8 heteroatoms. The van der Waals surface area contributed by atoms with Gasteiger partial charge in [0.25, 0.3) is 5.91 Å². The number of aliphatic hydroxyl groups is 4. The number of amides is 1. The van der Waals surface area contributed by atoms with Crippen molar-refractivity contribution in [2.24, 2.45) is 17.8 Å². The molecule has 8 unspecified atom stereocenters. The van der Waals surface area contributed by atoms with Crippen molar-refractivity contribution in [1.82, 2.24) is 5.32 Å². The third-order valence-corrected chi connectivity index (χ3v) is 6.87. The molecule has 0 bridgehead atoms. The maximum Gasteiger partial charge on any atom is 0.331 e. The molecule has 0 radical (unpaired) electrons. The summed E-state index contributed by atoms with van der Waals surface area (Å²) in [6.45, 7) is 9.06. The molecule has 1 aliphatic carbocycles. The van der Waals surface area contributed by atoms with Gasteiger partial charge in [-0.2, -0.15) is 0 Å². The molecule has 8 nitrogen and oxygen atoms in total. The van der Waals surface area contributed by atoms with Crippen LogP contribution in [0.1, 0.15) is 41.0 Å². The lowest BCUT2D eigenvalue weighted by atomic mass is 9.61. The molecule has 1 saturated heterocycles. The van der Waals surface area contributed by atoms with E-state index in [1.165, 1.54) is 19.1 Å². The number of aliphatic hydroxyl groups excluding tert-OH is 2. The van der Waals surface area contributed by atoms with Crippen LogP contribution in [0.4, 0.5) is 0 Å². The van der Waals surface area contributed by atoms with Gasteiger partial charge in [-0.3, -0.25) is 4.79 Å². The van der Waals surface area contributed by atoms with Crippen molar-refractivity contribution in [2.75, 3.05) is 0 Å². The Morgan fingerprint density at radius 3 is 2.45 bits per heavy atom. The molecular weight excluding hydrogens is 402 g/mol. The van der Waals surface area contributed by atoms with E-state index >= 15 is 0 Å². The molecule has 3 rings (SSSR count). The van der Waals surface area contributed by atoms with Gasteiger partial charge in [-0.15, -0.1) is 0 Å². The molecule has 8 atom stereocenters. The standard InChI is InChI=1S/C23H33NO7/c1-12(2)10-15-18-14(4)13(3)11-22(30)9-8-21(5,29)19(27)16(25)6-7-17(26)31-23(18,22)20(28)24-15/h6-9,11-12,14-16,18-19,25,27,29-30H,10H2,1-5H3,(H,24,28)/b7-6+,9-8+. The quantitative estimate of drug-likeness (QED) is 0.312. The molecule has 0 saturated carbocycles. The maximum absolute atomic E-state index is 13.4. The molecule has 2 heterocycles. The summed E-state index contributed by atoms with van der Waals surface area (Å²) in [5.74, 6) is -2.07. The summed E-state index contributed by atoms with van der Waals surface area (Å²) in [6.07, 6.45) is 3.06. The fourth-order valence-electron chi connectivity index (χ4n) is 5.12. The highest BCUT2D eigenvalue weighted by molar-refractivity contribution is 5.95. The van der Waals surface area contributed by atoms with E-state index in [-0.39, 0.29) is 17.9 Å². The van der Waals surface area contributed by atoms with E-state index in [0.29, 0.717) is 6.42 Å². The molecule has 5 N–H and O–H groups in total. The number of allylic oxidation sites excluding steroid dienone is 1. The SMILES string of the molecule is CC1=CC2(O)/C=C/C(C)(O)C(O)C(O)/C=C/C(=O)OC23C(=O)NC(CC(C)C)C3C1C. The summed E-state index contributed by atoms with van der Waals surface area (Å²) in [5, 5.41) is 45.9. The average Bonchev–Trinajstić information content (AvgIpc) is 2.93. The van der Waals surface area contributed by atoms with Crippen LogP contribution in [0.25, 0.3) is 0 Å². The minimum atomic E-state index is -2.08. The highest BCUT2D eigenvalue weighted by atomic mass is 16.6. The van der Waals surface area contributed by atoms with Gasteiger partial charge in [0.05, 0.1) is 0 Å². The lowest BCUT2D eigenvalue weighted by Crippen LogP contribution is -2.66. The van der Waals surface area contributed by atoms with E-state index in [4.69, 9.17) is 4.74 Å². The first-order valence-corrected chi connectivity index (χ1v) is 10.7. The number of ether oxygens (including phenoxy) is 1. The predicted molar refractivity (Wildman–Crippen MR) is 112 cm³/mol. The predicted octanol–water partition coefficient (Wildman–Crippen LogP) is 0.355. The summed E-state index contributed by atoms with van der Waals surface area (Å²) in [5.41, 5.74) is -5.20. The molecule has 3 aliphatic rings. The van der Waals surface area contributed by atoms with Crippen LogP contribution in [0.15, 0.2) is 36.0 Å². The van der Waals surface area contributed by atoms with Crippen molar-refractivity contribution in [3.05, 3.63) is 36.0 Å². The second-order valence-electron chi connectivity index (χ2n) is 9.75. The monoisotopic (exact) mass is 435 g/mol. The van der Waals surface area contributed by atoms with Gasteiger partial charge in [-0.05, 0) is 50.3 Å². The van der Waals surface area contributed by atoms with E-state index in [2.05, 4.69) is 5.32 Å². The minimum Gasteiger partial charge on any atom is -0.441 e. The van der Waals surface area contributed by atoms with Crippen LogP contribution in [0.3, 0.4) is 0 Å². The largest absolute Gasteiger partial charge is 0.441 e. The Morgan fingerprint density at radius 2 is 1.84 bits per heavy atom. The van der Waals surface area contributed by atoms with Gasteiger partial charge in [-0.25, -0.2) is 4.79 Å². The zero-order valence-corrected chi connectivity index (χ0v) is 18.6. The third-order valence-electron chi connectivity index (χ3n) is 6.87. The Kier molecular flexibility index (Phi) is 5.99. The van der Waals surface area contributed by atoms with Crippen LogP contribution < -0.4 is 5.32 Å². The van der Waals surface area contributed by atoms with Gasteiger partial charge in [-0.1, -0.05) is 32.4 Å². The summed E-state index contributed by atoms with van der Waals surface area (Å²) in [6, 6.07) is -0.343. The number of nitrogens with one attached hydrogen (secondary N) is 1. The van der Waals surface area contributed by atoms with E-state index in [1.54, 1.807) is 0 Å². The van der Waals surface area contributed by atoms with Crippen molar-refractivity contribution in [3.63, 3.8) is 0 Å². The van der Waals surface area contributed by atoms with Gasteiger partial charge in [0, 0.05) is 18.0 Å². The van der Waals surface area contributed by atoms with Gasteiger partial charge in [0.15, 0.2) is 5.60 Å². The van der Waals surface area contributed by atoms with Crippen LogP contribution in [0, 0.1) is 17.8 Å². The van der Waals surface area contributed by atoms with Gasteiger partial charge in [0.2, 0.25) is 5.60 Å². The summed E-state index contributed by atoms with van der Waals surface area (Å²) in [4.78, 5) is 26.1. The third kappa shape index (κ3) is 3.75. The number of carbonyl (C=O) groups excluding carboxylic acids is 2. The average molecular weight is 436 g/mol. The molecule has 0 aromatic rings. The van der Waals surface area contributed by atoms with E-state index in [1.807, 2.05) is 27.7 Å². The summed E-state index contributed by atoms with van der Waals surface area (Å²) >= 11 is 0. The van der Waals surface area contributed by atoms with Gasteiger partial charge in [0.1, 0.15) is 17.8 Å². The zero-order chi connectivity index (χ0) is 23.4. The molecule has 0 aromatic heterocycles. The van der Waals surface area contributed by atoms with Crippen LogP contribution in [0.2, 0.25) is 0 Å². The Morgan fingerprint density at radius 1 is 1.19 bits per heavy atom. The molecule has 172 valence electrons. The second-order valence-corrected chi connectivity index (χ2v) is 9.75. The van der Waals surface area contributed by atoms with E-state index in [9.17, 15) is 30.0 Å². The fraction of sp³-hybridized carbons (Fsp3) is 0.652. The van der Waals surface area contributed by atoms with Crippen molar-refractivity contribution >= 4 is 11.9 Å². The number of hydrogen-bond acceptors (Lipinski definition) is 7. The molecule has 0 aromatic carbocycles. The molecule has 2 aliphatic heterocycles. The van der Waals surface area contributed by atoms with Crippen molar-refractivity contribution < 1.29 is 34.8 Å². The number of rotatable bonds is 2. The van der Waals surface area contributed by atoms with Crippen LogP contribution >= 0.6 is 0 Å². The molecule has 1 spiro atoms. The first-order valence-electron chi connectivity index (χ1n) is 10.7. The van der Waals surface area contributed by atoms with Gasteiger partial charge < -0.3 is 30.5 Å². The lowest BCUT2D eigenvalue weighted by molar-refractivity contribution is -0.192. The van der Waals surface area contributed by atoms with Crippen LogP contribution in [-0.4, -0.2) is 67.4 Å². The van der Waals surface area contributed by atoms with Crippen LogP contribution in [0.5, 0.6) is 0 Å². The van der Waals surface area contributed by atoms with Gasteiger partial charge >= 0.3 is 5.97 Å². The first kappa shape index (κ1) is 23.7. The fourth-order valence-corrected chi connectivity index (χ4v) is 5.12. The smallest absolute Gasteiger partial charge is 0.331 e. The number of esters is 1. The normalized spacial score (nSPS) is 47.4. The highest BCUT2D eigenvalue weighted by Gasteiger charge is 2.70. The Hall–Kier alpha value is -2.00.